The molecule has 0 saturated carbocycles. The van der Waals surface area contributed by atoms with Crippen molar-refractivity contribution in [3.8, 4) is 22.5 Å². The number of nitrogens with two attached hydrogens (primary N) is 1. The first-order valence-electron chi connectivity index (χ1n) is 11.9. The van der Waals surface area contributed by atoms with Gasteiger partial charge in [-0.05, 0) is 50.2 Å². The topological polar surface area (TPSA) is 155 Å². The Labute approximate surface area is 252 Å². The number of hydrogen-bond acceptors (Lipinski definition) is 10. The molecular formula is C28H24BrN5O5S2. The summed E-state index contributed by atoms with van der Waals surface area (Å²) < 4.78 is 0. The number of anilines is 1. The molecule has 0 aliphatic carbocycles. The van der Waals surface area contributed by atoms with E-state index in [-0.39, 0.29) is 22.5 Å². The number of ketones is 1. The van der Waals surface area contributed by atoms with Gasteiger partial charge >= 0.3 is 0 Å². The molecule has 2 N–H and O–H groups in total. The molecule has 2 aromatic heterocycles. The monoisotopic (exact) mass is 653 g/mol. The molecule has 0 radical (unpaired) electrons. The van der Waals surface area contributed by atoms with Crippen LogP contribution in [0.1, 0.15) is 20.4 Å². The predicted molar refractivity (Wildman–Crippen MR) is 167 cm³/mol. The van der Waals surface area contributed by atoms with Gasteiger partial charge in [0.1, 0.15) is 0 Å². The zero-order valence-corrected chi connectivity index (χ0v) is 25.1. The number of nitro groups is 2. The minimum absolute atomic E-state index is 0.00822. The predicted octanol–water partition coefficient (Wildman–Crippen LogP) is 7.90. The van der Waals surface area contributed by atoms with Crippen LogP contribution in [0.25, 0.3) is 22.5 Å². The summed E-state index contributed by atoms with van der Waals surface area (Å²) in [5.41, 5.74) is 10.9. The largest absolute Gasteiger partial charge is 0.399 e. The molecule has 3 aromatic carbocycles. The van der Waals surface area contributed by atoms with Crippen LogP contribution < -0.4 is 5.73 Å². The molecule has 0 spiro atoms. The SMILES string of the molecule is Cc1nc(-c2ccc(N)cc2)cs1.Cc1nc(-c2ccc([N+](=O)[O-])cc2)cs1.O=C(CBr)c1ccc([N+](=O)[O-])cc1. The third kappa shape index (κ3) is 9.38. The fourth-order valence-corrected chi connectivity index (χ4v) is 4.81. The first kappa shape index (κ1) is 31.2. The maximum atomic E-state index is 11.1. The molecule has 0 aliphatic rings. The molecule has 2 heterocycles. The number of carbonyl (C=O) groups is 1. The van der Waals surface area contributed by atoms with Gasteiger partial charge in [-0.15, -0.1) is 22.7 Å². The number of non-ortho nitro benzene ring substituents is 2. The first-order valence-corrected chi connectivity index (χ1v) is 14.7. The van der Waals surface area contributed by atoms with E-state index in [0.29, 0.717) is 5.56 Å². The van der Waals surface area contributed by atoms with Crippen LogP contribution in [0.2, 0.25) is 0 Å². The molecule has 0 saturated heterocycles. The number of hydrogen-bond donors (Lipinski definition) is 1. The molecule has 0 unspecified atom stereocenters. The van der Waals surface area contributed by atoms with Gasteiger partial charge in [0.15, 0.2) is 5.78 Å². The summed E-state index contributed by atoms with van der Waals surface area (Å²) in [7, 11) is 0. The van der Waals surface area contributed by atoms with Crippen LogP contribution in [0, 0.1) is 34.1 Å². The zero-order chi connectivity index (χ0) is 29.9. The molecule has 0 bridgehead atoms. The first-order chi connectivity index (χ1) is 19.6. The van der Waals surface area contributed by atoms with Crippen molar-refractivity contribution in [2.24, 2.45) is 0 Å². The van der Waals surface area contributed by atoms with E-state index in [0.717, 1.165) is 38.2 Å². The summed E-state index contributed by atoms with van der Waals surface area (Å²) in [6, 6.07) is 19.7. The second-order valence-electron chi connectivity index (χ2n) is 8.29. The Kier molecular flexibility index (Phi) is 11.3. The normalized spacial score (nSPS) is 10.0. The van der Waals surface area contributed by atoms with Gasteiger partial charge in [0.05, 0.1) is 36.6 Å². The number of halogens is 1. The number of benzene rings is 3. The number of alkyl halides is 1. The van der Waals surface area contributed by atoms with Gasteiger partial charge in [-0.1, -0.05) is 28.1 Å². The number of aromatic nitrogens is 2. The zero-order valence-electron chi connectivity index (χ0n) is 21.9. The number of rotatable bonds is 6. The minimum atomic E-state index is -0.498. The highest BCUT2D eigenvalue weighted by molar-refractivity contribution is 9.09. The van der Waals surface area contributed by atoms with Crippen molar-refractivity contribution in [2.45, 2.75) is 13.8 Å². The number of nitro benzene ring substituents is 2. The summed E-state index contributed by atoms with van der Waals surface area (Å²) in [5.74, 6) is -0.0881. The standard InChI is InChI=1S/C10H8N2O2S.C10H10N2S.C8H6BrNO3/c1-7-11-10(6-15-7)8-2-4-9(5-3-8)12(13)14;1-7-12-10(6-13-7)8-2-4-9(11)5-3-8;9-5-8(11)6-1-3-7(4-2-6)10(12)13/h2-6H,1H3;2-6H,11H2,1H3;1-4H,5H2. The maximum Gasteiger partial charge on any atom is 0.269 e. The summed E-state index contributed by atoms with van der Waals surface area (Å²) in [6.07, 6.45) is 0. The van der Waals surface area contributed by atoms with Crippen LogP contribution in [0.3, 0.4) is 0 Å². The molecule has 210 valence electrons. The fourth-order valence-electron chi connectivity index (χ4n) is 3.25. The van der Waals surface area contributed by atoms with Gasteiger partial charge < -0.3 is 5.73 Å². The van der Waals surface area contributed by atoms with Crippen molar-refractivity contribution in [1.82, 2.24) is 9.97 Å². The smallest absolute Gasteiger partial charge is 0.269 e. The lowest BCUT2D eigenvalue weighted by Crippen LogP contribution is -1.99. The molecule has 0 aliphatic heterocycles. The van der Waals surface area contributed by atoms with Crippen LogP contribution >= 0.6 is 38.6 Å². The summed E-state index contributed by atoms with van der Waals surface area (Å²) in [5, 5.41) is 27.0. The Morgan fingerprint density at radius 3 is 1.49 bits per heavy atom. The van der Waals surface area contributed by atoms with E-state index >= 15 is 0 Å². The average Bonchev–Trinajstić information content (AvgIpc) is 3.62. The van der Waals surface area contributed by atoms with Crippen molar-refractivity contribution >= 4 is 61.4 Å². The number of aryl methyl sites for hydroxylation is 2. The van der Waals surface area contributed by atoms with E-state index in [4.69, 9.17) is 5.73 Å². The number of nitrogens with zero attached hydrogens (tertiary/aromatic N) is 4. The van der Waals surface area contributed by atoms with Gasteiger partial charge in [-0.25, -0.2) is 9.97 Å². The van der Waals surface area contributed by atoms with Crippen LogP contribution in [0.4, 0.5) is 17.1 Å². The number of nitrogen functional groups attached to an aromatic ring is 1. The maximum absolute atomic E-state index is 11.1. The lowest BCUT2D eigenvalue weighted by Gasteiger charge is -1.96. The average molecular weight is 655 g/mol. The lowest BCUT2D eigenvalue weighted by molar-refractivity contribution is -0.385. The Morgan fingerprint density at radius 1 is 0.756 bits per heavy atom. The van der Waals surface area contributed by atoms with Crippen molar-refractivity contribution in [3.63, 3.8) is 0 Å². The molecule has 5 rings (SSSR count). The highest BCUT2D eigenvalue weighted by Crippen LogP contribution is 2.24. The number of thiazole rings is 2. The van der Waals surface area contributed by atoms with E-state index in [1.54, 1.807) is 34.8 Å². The van der Waals surface area contributed by atoms with Gasteiger partial charge in [-0.3, -0.25) is 25.0 Å². The second kappa shape index (κ2) is 14.9. The van der Waals surface area contributed by atoms with Crippen molar-refractivity contribution < 1.29 is 14.6 Å². The van der Waals surface area contributed by atoms with Gasteiger partial charge in [0.2, 0.25) is 0 Å². The summed E-state index contributed by atoms with van der Waals surface area (Å²) in [6.45, 7) is 3.94. The van der Waals surface area contributed by atoms with E-state index in [2.05, 4.69) is 31.3 Å². The molecule has 10 nitrogen and oxygen atoms in total. The Balaban J connectivity index is 0.000000170. The summed E-state index contributed by atoms with van der Waals surface area (Å²) in [4.78, 5) is 39.6. The minimum Gasteiger partial charge on any atom is -0.399 e. The van der Waals surface area contributed by atoms with Crippen molar-refractivity contribution in [3.05, 3.63) is 119 Å². The molecule has 13 heteroatoms. The van der Waals surface area contributed by atoms with Crippen LogP contribution in [0.15, 0.2) is 83.6 Å². The third-order valence-corrected chi connectivity index (χ3v) is 7.40. The Bertz CT molecular complexity index is 1620. The van der Waals surface area contributed by atoms with Crippen LogP contribution in [-0.2, 0) is 0 Å². The van der Waals surface area contributed by atoms with Crippen LogP contribution in [0.5, 0.6) is 0 Å². The van der Waals surface area contributed by atoms with E-state index < -0.39 is 9.85 Å². The molecule has 5 aromatic rings. The van der Waals surface area contributed by atoms with Crippen molar-refractivity contribution in [1.29, 1.82) is 0 Å². The van der Waals surface area contributed by atoms with Gasteiger partial charge in [0, 0.05) is 57.4 Å². The highest BCUT2D eigenvalue weighted by atomic mass is 79.9. The van der Waals surface area contributed by atoms with Crippen molar-refractivity contribution in [2.75, 3.05) is 11.1 Å². The van der Waals surface area contributed by atoms with Gasteiger partial charge in [0.25, 0.3) is 11.4 Å². The molecular weight excluding hydrogens is 630 g/mol. The van der Waals surface area contributed by atoms with E-state index in [9.17, 15) is 25.0 Å². The van der Waals surface area contributed by atoms with Gasteiger partial charge in [-0.2, -0.15) is 0 Å². The van der Waals surface area contributed by atoms with Crippen LogP contribution in [-0.4, -0.2) is 30.9 Å². The summed E-state index contributed by atoms with van der Waals surface area (Å²) >= 11 is 6.24. The third-order valence-electron chi connectivity index (χ3n) is 5.34. The highest BCUT2D eigenvalue weighted by Gasteiger charge is 2.08. The quantitative estimate of drug-likeness (QED) is 0.0637. The Hall–Kier alpha value is -4.33. The molecule has 41 heavy (non-hydrogen) atoms. The molecule has 0 fully saturated rings. The fraction of sp³-hybridized carbons (Fsp3) is 0.107. The number of Topliss-reactive ketones (excluding diaryl/α,β-unsaturated/α-hetero) is 1. The molecule has 0 atom stereocenters. The second-order valence-corrected chi connectivity index (χ2v) is 11.0. The number of carbonyl (C=O) groups excluding carboxylic acids is 1. The Morgan fingerprint density at radius 2 is 1.15 bits per heavy atom. The van der Waals surface area contributed by atoms with E-state index in [1.807, 2.05) is 43.5 Å². The lowest BCUT2D eigenvalue weighted by atomic mass is 10.1. The molecule has 0 amide bonds. The van der Waals surface area contributed by atoms with E-state index in [1.165, 1.54) is 36.4 Å².